The predicted octanol–water partition coefficient (Wildman–Crippen LogP) is 3.58. The molecule has 1 aromatic carbocycles. The van der Waals surface area contributed by atoms with Crippen molar-refractivity contribution in [2.75, 3.05) is 6.54 Å². The monoisotopic (exact) mass is 382 g/mol. The van der Waals surface area contributed by atoms with Gasteiger partial charge in [0.1, 0.15) is 0 Å². The van der Waals surface area contributed by atoms with Crippen molar-refractivity contribution in [1.29, 1.82) is 0 Å². The Labute approximate surface area is 158 Å². The number of aromatic amines is 1. The Bertz CT molecular complexity index is 676. The number of benzene rings is 1. The minimum atomic E-state index is -0.262. The average Bonchev–Trinajstić information content (AvgIpc) is 3.12. The lowest BCUT2D eigenvalue weighted by Gasteiger charge is -2.23. The molecule has 25 heavy (non-hydrogen) atoms. The van der Waals surface area contributed by atoms with E-state index in [0.717, 1.165) is 24.1 Å². The normalized spacial score (nSPS) is 13.4. The van der Waals surface area contributed by atoms with Gasteiger partial charge in [-0.2, -0.15) is 0 Å². The maximum absolute atomic E-state index is 12.6. The zero-order chi connectivity index (χ0) is 18.2. The molecule has 7 heteroatoms. The lowest BCUT2D eigenvalue weighted by molar-refractivity contribution is -0.124. The van der Waals surface area contributed by atoms with Crippen LogP contribution in [0.3, 0.4) is 0 Å². The second-order valence-electron chi connectivity index (χ2n) is 6.06. The van der Waals surface area contributed by atoms with Crippen LogP contribution >= 0.6 is 23.2 Å². The van der Waals surface area contributed by atoms with Crippen LogP contribution in [0.25, 0.3) is 0 Å². The molecule has 1 amide bonds. The molecule has 2 unspecified atom stereocenters. The number of nitrogens with one attached hydrogen (secondary N) is 3. The van der Waals surface area contributed by atoms with Crippen molar-refractivity contribution in [3.63, 3.8) is 0 Å². The highest BCUT2D eigenvalue weighted by Crippen LogP contribution is 2.25. The fraction of sp³-hybridized carbons (Fsp3) is 0.444. The van der Waals surface area contributed by atoms with E-state index in [1.54, 1.807) is 12.4 Å². The van der Waals surface area contributed by atoms with Gasteiger partial charge in [0, 0.05) is 25.7 Å². The van der Waals surface area contributed by atoms with Gasteiger partial charge in [0.05, 0.1) is 28.1 Å². The number of amides is 1. The molecule has 5 nitrogen and oxygen atoms in total. The van der Waals surface area contributed by atoms with Gasteiger partial charge in [-0.15, -0.1) is 0 Å². The fourth-order valence-electron chi connectivity index (χ4n) is 2.55. The first-order valence-electron chi connectivity index (χ1n) is 8.44. The van der Waals surface area contributed by atoms with Crippen molar-refractivity contribution in [3.8, 4) is 0 Å². The van der Waals surface area contributed by atoms with E-state index in [9.17, 15) is 4.79 Å². The van der Waals surface area contributed by atoms with E-state index in [4.69, 9.17) is 23.2 Å². The van der Waals surface area contributed by atoms with Crippen LogP contribution in [0.1, 0.15) is 31.5 Å². The van der Waals surface area contributed by atoms with Gasteiger partial charge in [0.15, 0.2) is 0 Å². The number of imidazole rings is 1. The molecule has 0 bridgehead atoms. The molecular formula is C18H24Cl2N4O. The number of halogens is 2. The van der Waals surface area contributed by atoms with Gasteiger partial charge < -0.3 is 15.6 Å². The number of hydrogen-bond acceptors (Lipinski definition) is 3. The van der Waals surface area contributed by atoms with Crippen LogP contribution < -0.4 is 10.6 Å². The van der Waals surface area contributed by atoms with E-state index < -0.39 is 0 Å². The zero-order valence-electron chi connectivity index (χ0n) is 14.5. The molecule has 136 valence electrons. The Morgan fingerprint density at radius 3 is 2.84 bits per heavy atom. The molecule has 3 N–H and O–H groups in total. The minimum absolute atomic E-state index is 0.0348. The summed E-state index contributed by atoms with van der Waals surface area (Å²) < 4.78 is 0. The summed E-state index contributed by atoms with van der Waals surface area (Å²) in [4.78, 5) is 19.8. The summed E-state index contributed by atoms with van der Waals surface area (Å²) in [5.41, 5.74) is 1.78. The van der Waals surface area contributed by atoms with Crippen LogP contribution in [0.4, 0.5) is 0 Å². The molecule has 0 aliphatic rings. The van der Waals surface area contributed by atoms with Crippen LogP contribution in [0.15, 0.2) is 30.7 Å². The van der Waals surface area contributed by atoms with Gasteiger partial charge >= 0.3 is 0 Å². The highest BCUT2D eigenvalue weighted by molar-refractivity contribution is 6.42. The van der Waals surface area contributed by atoms with Gasteiger partial charge in [-0.05, 0) is 17.5 Å². The Balaban J connectivity index is 1.91. The molecule has 2 atom stereocenters. The summed E-state index contributed by atoms with van der Waals surface area (Å²) in [6.45, 7) is 5.18. The third-order valence-corrected chi connectivity index (χ3v) is 5.14. The highest BCUT2D eigenvalue weighted by atomic mass is 35.5. The molecule has 0 saturated heterocycles. The summed E-state index contributed by atoms with van der Waals surface area (Å²) in [5.74, 6) is 0.182. The second-order valence-corrected chi connectivity index (χ2v) is 6.84. The second kappa shape index (κ2) is 9.80. The van der Waals surface area contributed by atoms with Crippen LogP contribution in [0.2, 0.25) is 10.0 Å². The van der Waals surface area contributed by atoms with Crippen LogP contribution in [-0.2, 0) is 17.8 Å². The molecule has 0 saturated carbocycles. The lowest BCUT2D eigenvalue weighted by atomic mass is 9.98. The van der Waals surface area contributed by atoms with E-state index in [2.05, 4.69) is 34.4 Å². The smallest absolute Gasteiger partial charge is 0.237 e. The van der Waals surface area contributed by atoms with Crippen molar-refractivity contribution < 1.29 is 4.79 Å². The average molecular weight is 383 g/mol. The summed E-state index contributed by atoms with van der Waals surface area (Å²) >= 11 is 12.2. The van der Waals surface area contributed by atoms with Crippen molar-refractivity contribution in [3.05, 3.63) is 52.0 Å². The fourth-order valence-corrected chi connectivity index (χ4v) is 2.94. The van der Waals surface area contributed by atoms with Crippen molar-refractivity contribution in [2.45, 2.75) is 39.3 Å². The van der Waals surface area contributed by atoms with Gasteiger partial charge in [0.25, 0.3) is 0 Å². The molecule has 0 radical (unpaired) electrons. The Hall–Kier alpha value is -1.56. The van der Waals surface area contributed by atoms with Gasteiger partial charge in [-0.3, -0.25) is 4.79 Å². The van der Waals surface area contributed by atoms with Gasteiger partial charge in [-0.25, -0.2) is 4.98 Å². The van der Waals surface area contributed by atoms with E-state index in [-0.39, 0.29) is 17.9 Å². The maximum atomic E-state index is 12.6. The summed E-state index contributed by atoms with van der Waals surface area (Å²) in [6.07, 6.45) is 5.19. The van der Waals surface area contributed by atoms with Gasteiger partial charge in [0.2, 0.25) is 5.91 Å². The molecule has 1 aromatic heterocycles. The number of carbonyl (C=O) groups excluding carboxylic acids is 1. The maximum Gasteiger partial charge on any atom is 0.237 e. The summed E-state index contributed by atoms with van der Waals surface area (Å²) in [6, 6.07) is 5.15. The standard InChI is InChI=1S/C18H24Cl2N4O/c1-3-12(2)17(22-8-7-14-10-21-11-24-14)18(25)23-9-13-5-4-6-15(19)16(13)20/h4-6,10-12,17,22H,3,7-9H2,1-2H3,(H,21,24)(H,23,25). The van der Waals surface area contributed by atoms with Crippen molar-refractivity contribution >= 4 is 29.1 Å². The largest absolute Gasteiger partial charge is 0.351 e. The first kappa shape index (κ1) is 19.8. The highest BCUT2D eigenvalue weighted by Gasteiger charge is 2.23. The lowest BCUT2D eigenvalue weighted by Crippen LogP contribution is -2.48. The number of carbonyl (C=O) groups is 1. The SMILES string of the molecule is CCC(C)C(NCCc1c[nH]cn1)C(=O)NCc1cccc(Cl)c1Cl. The summed E-state index contributed by atoms with van der Waals surface area (Å²) in [7, 11) is 0. The minimum Gasteiger partial charge on any atom is -0.351 e. The predicted molar refractivity (Wildman–Crippen MR) is 102 cm³/mol. The molecule has 2 aromatic rings. The quantitative estimate of drug-likeness (QED) is 0.620. The van der Waals surface area contributed by atoms with Crippen LogP contribution in [0, 0.1) is 5.92 Å². The Morgan fingerprint density at radius 2 is 2.16 bits per heavy atom. The topological polar surface area (TPSA) is 69.8 Å². The van der Waals surface area contributed by atoms with E-state index >= 15 is 0 Å². The molecule has 0 fully saturated rings. The molecule has 0 spiro atoms. The third kappa shape index (κ3) is 5.73. The first-order valence-corrected chi connectivity index (χ1v) is 9.20. The number of rotatable bonds is 9. The Morgan fingerprint density at radius 1 is 1.36 bits per heavy atom. The first-order chi connectivity index (χ1) is 12.0. The molecule has 0 aliphatic heterocycles. The van der Waals surface area contributed by atoms with Crippen LogP contribution in [0.5, 0.6) is 0 Å². The van der Waals surface area contributed by atoms with Crippen molar-refractivity contribution in [1.82, 2.24) is 20.6 Å². The third-order valence-electron chi connectivity index (χ3n) is 4.28. The number of nitrogens with zero attached hydrogens (tertiary/aromatic N) is 1. The molecule has 2 rings (SSSR count). The molecular weight excluding hydrogens is 359 g/mol. The van der Waals surface area contributed by atoms with E-state index in [1.807, 2.05) is 18.3 Å². The van der Waals surface area contributed by atoms with Crippen molar-refractivity contribution in [2.24, 2.45) is 5.92 Å². The number of H-pyrrole nitrogens is 1. The number of hydrogen-bond donors (Lipinski definition) is 3. The Kier molecular flexibility index (Phi) is 7.75. The molecule has 0 aliphatic carbocycles. The summed E-state index contributed by atoms with van der Waals surface area (Å²) in [5, 5.41) is 7.28. The van der Waals surface area contributed by atoms with E-state index in [1.165, 1.54) is 0 Å². The van der Waals surface area contributed by atoms with Crippen LogP contribution in [-0.4, -0.2) is 28.5 Å². The number of aromatic nitrogens is 2. The zero-order valence-corrected chi connectivity index (χ0v) is 16.0. The van der Waals surface area contributed by atoms with Gasteiger partial charge in [-0.1, -0.05) is 55.6 Å². The molecule has 1 heterocycles. The van der Waals surface area contributed by atoms with E-state index in [0.29, 0.717) is 23.1 Å².